The Balaban J connectivity index is 2.92. The molecule has 0 aromatic rings. The molecule has 0 bridgehead atoms. The lowest BCUT2D eigenvalue weighted by molar-refractivity contribution is -0.00826. The lowest BCUT2D eigenvalue weighted by atomic mass is 9.81. The van der Waals surface area contributed by atoms with E-state index in [0.29, 0.717) is 25.7 Å². The largest absolute Gasteiger partial charge is 0.443 e. The van der Waals surface area contributed by atoms with Crippen molar-refractivity contribution < 1.29 is 38.1 Å². The Labute approximate surface area is 228 Å². The molecule has 0 spiro atoms. The second-order valence-corrected chi connectivity index (χ2v) is 14.0. The molecule has 38 heavy (non-hydrogen) atoms. The quantitative estimate of drug-likeness (QED) is 0.345. The van der Waals surface area contributed by atoms with E-state index < -0.39 is 46.8 Å². The van der Waals surface area contributed by atoms with Crippen molar-refractivity contribution in [2.24, 2.45) is 11.8 Å². The van der Waals surface area contributed by atoms with Crippen LogP contribution in [0.25, 0.3) is 0 Å². The Morgan fingerprint density at radius 3 is 0.816 bits per heavy atom. The van der Waals surface area contributed by atoms with Gasteiger partial charge >= 0.3 is 24.4 Å². The lowest BCUT2D eigenvalue weighted by Crippen LogP contribution is -2.47. The van der Waals surface area contributed by atoms with Crippen LogP contribution < -0.4 is 0 Å². The van der Waals surface area contributed by atoms with E-state index in [9.17, 15) is 19.2 Å². The zero-order valence-corrected chi connectivity index (χ0v) is 25.6. The van der Waals surface area contributed by atoms with Gasteiger partial charge < -0.3 is 18.9 Å². The van der Waals surface area contributed by atoms with Gasteiger partial charge in [-0.25, -0.2) is 29.0 Å². The van der Waals surface area contributed by atoms with Gasteiger partial charge in [0.15, 0.2) is 0 Å². The zero-order chi connectivity index (χ0) is 29.7. The third-order valence-electron chi connectivity index (χ3n) is 5.30. The summed E-state index contributed by atoms with van der Waals surface area (Å²) < 4.78 is 21.8. The molecule has 1 aliphatic carbocycles. The van der Waals surface area contributed by atoms with E-state index in [1.54, 1.807) is 83.1 Å². The van der Waals surface area contributed by atoms with Crippen LogP contribution in [-0.4, -0.2) is 69.7 Å². The molecule has 0 aliphatic heterocycles. The van der Waals surface area contributed by atoms with Crippen molar-refractivity contribution in [3.63, 3.8) is 0 Å². The summed E-state index contributed by atoms with van der Waals surface area (Å²) in [7, 11) is 0. The summed E-state index contributed by atoms with van der Waals surface area (Å²) >= 11 is 0. The van der Waals surface area contributed by atoms with Crippen LogP contribution in [0.15, 0.2) is 0 Å². The van der Waals surface area contributed by atoms with Crippen LogP contribution in [-0.2, 0) is 18.9 Å². The Hall–Kier alpha value is -2.52. The molecule has 10 nitrogen and oxygen atoms in total. The normalized spacial score (nSPS) is 18.7. The summed E-state index contributed by atoms with van der Waals surface area (Å²) in [5.41, 5.74) is -3.05. The Morgan fingerprint density at radius 1 is 0.474 bits per heavy atom. The highest BCUT2D eigenvalue weighted by atomic mass is 16.6. The smallest absolute Gasteiger partial charge is 0.419 e. The molecule has 0 unspecified atom stereocenters. The van der Waals surface area contributed by atoms with Gasteiger partial charge in [0.25, 0.3) is 0 Å². The molecule has 220 valence electrons. The van der Waals surface area contributed by atoms with Gasteiger partial charge in [0.2, 0.25) is 0 Å². The number of amides is 4. The molecule has 0 N–H and O–H groups in total. The van der Waals surface area contributed by atoms with Crippen molar-refractivity contribution in [1.82, 2.24) is 9.80 Å². The highest BCUT2D eigenvalue weighted by Crippen LogP contribution is 2.31. The zero-order valence-electron chi connectivity index (χ0n) is 25.6. The molecule has 1 rings (SSSR count). The van der Waals surface area contributed by atoms with E-state index in [-0.39, 0.29) is 24.9 Å². The van der Waals surface area contributed by atoms with Crippen molar-refractivity contribution in [3.05, 3.63) is 0 Å². The van der Waals surface area contributed by atoms with Crippen molar-refractivity contribution in [2.45, 2.75) is 131 Å². The molecule has 1 fully saturated rings. The fourth-order valence-corrected chi connectivity index (χ4v) is 3.83. The SMILES string of the molecule is CC(C)(C)OC(=O)N(CC1CCC(CN(C(=O)OC(C)(C)C)C(=O)OC(C)(C)C)CC1)C(=O)OC(C)(C)C. The molecule has 0 heterocycles. The Morgan fingerprint density at radius 2 is 0.658 bits per heavy atom. The van der Waals surface area contributed by atoms with Crippen molar-refractivity contribution in [3.8, 4) is 0 Å². The molecule has 0 radical (unpaired) electrons. The molecule has 0 saturated heterocycles. The molecule has 0 aromatic carbocycles. The molecular weight excluding hydrogens is 492 g/mol. The highest BCUT2D eigenvalue weighted by molar-refractivity contribution is 5.88. The molecule has 0 atom stereocenters. The maximum absolute atomic E-state index is 12.8. The van der Waals surface area contributed by atoms with Gasteiger partial charge in [-0.3, -0.25) is 0 Å². The number of nitrogens with zero attached hydrogens (tertiary/aromatic N) is 2. The lowest BCUT2D eigenvalue weighted by Gasteiger charge is -2.35. The third-order valence-corrected chi connectivity index (χ3v) is 5.30. The van der Waals surface area contributed by atoms with Crippen molar-refractivity contribution >= 4 is 24.4 Å². The fourth-order valence-electron chi connectivity index (χ4n) is 3.83. The highest BCUT2D eigenvalue weighted by Gasteiger charge is 2.37. The average Bonchev–Trinajstić information content (AvgIpc) is 2.65. The van der Waals surface area contributed by atoms with Crippen molar-refractivity contribution in [2.75, 3.05) is 13.1 Å². The van der Waals surface area contributed by atoms with E-state index in [1.807, 2.05) is 0 Å². The maximum Gasteiger partial charge on any atom is 0.419 e. The van der Waals surface area contributed by atoms with Gasteiger partial charge in [-0.2, -0.15) is 0 Å². The summed E-state index contributed by atoms with van der Waals surface area (Å²) in [5, 5.41) is 0. The molecule has 1 aliphatic rings. The number of ether oxygens (including phenoxy) is 4. The topological polar surface area (TPSA) is 112 Å². The molecule has 4 amide bonds. The first-order valence-electron chi connectivity index (χ1n) is 13.4. The predicted octanol–water partition coefficient (Wildman–Crippen LogP) is 7.14. The number of hydrogen-bond donors (Lipinski definition) is 0. The number of imide groups is 2. The fraction of sp³-hybridized carbons (Fsp3) is 0.857. The summed E-state index contributed by atoms with van der Waals surface area (Å²) in [5.74, 6) is 0.0607. The van der Waals surface area contributed by atoms with Crippen LogP contribution in [0.2, 0.25) is 0 Å². The number of carbonyl (C=O) groups is 4. The summed E-state index contributed by atoms with van der Waals surface area (Å²) in [6, 6.07) is 0. The van der Waals surface area contributed by atoms with Crippen LogP contribution in [0.4, 0.5) is 19.2 Å². The standard InChI is InChI=1S/C28H50N2O8/c1-25(2,3)35-21(31)29(22(32)36-26(4,5)6)17-19-13-15-20(16-14-19)18-30(23(33)37-27(7,8)9)24(34)38-28(10,11)12/h19-20H,13-18H2,1-12H3. The molecule has 1 saturated carbocycles. The summed E-state index contributed by atoms with van der Waals surface area (Å²) in [4.78, 5) is 53.4. The van der Waals surface area contributed by atoms with E-state index in [0.717, 1.165) is 9.80 Å². The monoisotopic (exact) mass is 542 g/mol. The van der Waals surface area contributed by atoms with Crippen LogP contribution in [0.1, 0.15) is 109 Å². The van der Waals surface area contributed by atoms with E-state index in [4.69, 9.17) is 18.9 Å². The van der Waals surface area contributed by atoms with Gasteiger partial charge in [0.1, 0.15) is 22.4 Å². The first-order chi connectivity index (χ1) is 17.0. The van der Waals surface area contributed by atoms with Crippen LogP contribution >= 0.6 is 0 Å². The van der Waals surface area contributed by atoms with E-state index in [2.05, 4.69) is 0 Å². The first kappa shape index (κ1) is 33.5. The average molecular weight is 543 g/mol. The Bertz CT molecular complexity index is 709. The maximum atomic E-state index is 12.8. The first-order valence-corrected chi connectivity index (χ1v) is 13.4. The van der Waals surface area contributed by atoms with E-state index in [1.165, 1.54) is 0 Å². The van der Waals surface area contributed by atoms with Gasteiger partial charge in [0.05, 0.1) is 0 Å². The minimum atomic E-state index is -0.762. The molecule has 0 aromatic heterocycles. The minimum Gasteiger partial charge on any atom is -0.443 e. The number of rotatable bonds is 4. The Kier molecular flexibility index (Phi) is 11.1. The van der Waals surface area contributed by atoms with Gasteiger partial charge in [-0.1, -0.05) is 0 Å². The van der Waals surface area contributed by atoms with Gasteiger partial charge in [0, 0.05) is 13.1 Å². The van der Waals surface area contributed by atoms with Crippen LogP contribution in [0.3, 0.4) is 0 Å². The number of carbonyl (C=O) groups excluding carboxylic acids is 4. The predicted molar refractivity (Wildman–Crippen MR) is 144 cm³/mol. The molecule has 10 heteroatoms. The van der Waals surface area contributed by atoms with E-state index >= 15 is 0 Å². The minimum absolute atomic E-state index is 0.0304. The second-order valence-electron chi connectivity index (χ2n) is 14.0. The van der Waals surface area contributed by atoms with Crippen LogP contribution in [0.5, 0.6) is 0 Å². The third kappa shape index (κ3) is 13.3. The molecular formula is C28H50N2O8. The number of hydrogen-bond acceptors (Lipinski definition) is 8. The van der Waals surface area contributed by atoms with Crippen LogP contribution in [0, 0.1) is 11.8 Å². The van der Waals surface area contributed by atoms with Gasteiger partial charge in [-0.05, 0) is 121 Å². The van der Waals surface area contributed by atoms with Gasteiger partial charge in [-0.15, -0.1) is 0 Å². The van der Waals surface area contributed by atoms with Crippen molar-refractivity contribution in [1.29, 1.82) is 0 Å². The summed E-state index contributed by atoms with van der Waals surface area (Å²) in [6.07, 6.45) is -0.173. The second kappa shape index (κ2) is 12.6. The summed E-state index contributed by atoms with van der Waals surface area (Å²) in [6.45, 7) is 21.2.